The molecule has 4 atom stereocenters. The van der Waals surface area contributed by atoms with Crippen molar-refractivity contribution in [1.29, 1.82) is 0 Å². The lowest BCUT2D eigenvalue weighted by atomic mass is 9.89. The Balaban J connectivity index is 1.55. The molecule has 0 aromatic heterocycles. The molecule has 27 heavy (non-hydrogen) atoms. The van der Waals surface area contributed by atoms with E-state index < -0.39 is 5.41 Å². The van der Waals surface area contributed by atoms with Crippen LogP contribution >= 0.6 is 0 Å². The number of ether oxygens (including phenoxy) is 5. The Bertz CT molecular complexity index is 479. The van der Waals surface area contributed by atoms with Crippen LogP contribution in [0, 0.1) is 17.3 Å². The van der Waals surface area contributed by atoms with Crippen LogP contribution in [0.25, 0.3) is 0 Å². The van der Waals surface area contributed by atoms with E-state index in [0.717, 1.165) is 5.92 Å². The van der Waals surface area contributed by atoms with Crippen molar-refractivity contribution < 1.29 is 28.5 Å². The normalized spacial score (nSPS) is 26.0. The van der Waals surface area contributed by atoms with Crippen LogP contribution in [0.15, 0.2) is 12.3 Å². The molecule has 2 aliphatic rings. The number of fused-ring (bicyclic) bond motifs is 2. The molecule has 6 nitrogen and oxygen atoms in total. The van der Waals surface area contributed by atoms with Crippen LogP contribution < -0.4 is 0 Å². The van der Waals surface area contributed by atoms with Gasteiger partial charge in [-0.15, -0.1) is 0 Å². The highest BCUT2D eigenvalue weighted by Gasteiger charge is 2.40. The lowest BCUT2D eigenvalue weighted by molar-refractivity contribution is -0.166. The van der Waals surface area contributed by atoms with Crippen molar-refractivity contribution in [3.8, 4) is 0 Å². The van der Waals surface area contributed by atoms with Gasteiger partial charge in [-0.2, -0.15) is 0 Å². The SMILES string of the molecule is C=C(C)OCOCCCOC(=O)C(C)(CC)COCOC1CC2CCC1C2. The van der Waals surface area contributed by atoms with E-state index in [-0.39, 0.29) is 19.6 Å². The molecule has 0 radical (unpaired) electrons. The summed E-state index contributed by atoms with van der Waals surface area (Å²) in [4.78, 5) is 12.4. The minimum absolute atomic E-state index is 0.173. The van der Waals surface area contributed by atoms with Crippen molar-refractivity contribution in [1.82, 2.24) is 0 Å². The number of carbonyl (C=O) groups is 1. The van der Waals surface area contributed by atoms with E-state index in [2.05, 4.69) is 6.58 Å². The van der Waals surface area contributed by atoms with Gasteiger partial charge in [0.15, 0.2) is 6.79 Å². The number of esters is 1. The van der Waals surface area contributed by atoms with Crippen LogP contribution in [-0.4, -0.2) is 45.5 Å². The Kier molecular flexibility index (Phi) is 9.06. The largest absolute Gasteiger partial charge is 0.473 e. The van der Waals surface area contributed by atoms with Crippen molar-refractivity contribution in [2.45, 2.75) is 65.4 Å². The molecule has 6 heteroatoms. The molecule has 0 heterocycles. The van der Waals surface area contributed by atoms with Gasteiger partial charge < -0.3 is 23.7 Å². The first-order valence-electron chi connectivity index (χ1n) is 10.2. The fourth-order valence-corrected chi connectivity index (χ4v) is 3.80. The van der Waals surface area contributed by atoms with Crippen LogP contribution in [0.5, 0.6) is 0 Å². The third kappa shape index (κ3) is 7.09. The Morgan fingerprint density at radius 3 is 2.56 bits per heavy atom. The number of hydrogen-bond donors (Lipinski definition) is 0. The zero-order valence-electron chi connectivity index (χ0n) is 17.2. The van der Waals surface area contributed by atoms with E-state index >= 15 is 0 Å². The van der Waals surface area contributed by atoms with E-state index in [1.54, 1.807) is 6.92 Å². The third-order valence-electron chi connectivity index (χ3n) is 5.79. The van der Waals surface area contributed by atoms with Crippen LogP contribution in [0.2, 0.25) is 0 Å². The summed E-state index contributed by atoms with van der Waals surface area (Å²) < 4.78 is 27.4. The first-order valence-corrected chi connectivity index (χ1v) is 10.2. The third-order valence-corrected chi connectivity index (χ3v) is 5.79. The van der Waals surface area contributed by atoms with Crippen LogP contribution in [0.4, 0.5) is 0 Å². The van der Waals surface area contributed by atoms with Crippen molar-refractivity contribution in [2.75, 3.05) is 33.4 Å². The molecule has 2 aliphatic carbocycles. The minimum atomic E-state index is -0.651. The standard InChI is InChI=1S/C21H36O6/c1-5-21(4,20(22)25-10-6-9-23-14-26-16(2)3)13-24-15-27-19-12-17-7-8-18(19)11-17/h17-19H,2,5-15H2,1,3-4H3. The quantitative estimate of drug-likeness (QED) is 0.195. The smallest absolute Gasteiger partial charge is 0.314 e. The highest BCUT2D eigenvalue weighted by Crippen LogP contribution is 2.45. The molecule has 156 valence electrons. The molecule has 2 rings (SSSR count). The maximum absolute atomic E-state index is 12.4. The molecule has 0 saturated heterocycles. The van der Waals surface area contributed by atoms with E-state index in [1.807, 2.05) is 13.8 Å². The predicted octanol–water partition coefficient (Wildman–Crippen LogP) is 4.04. The van der Waals surface area contributed by atoms with Crippen molar-refractivity contribution in [3.05, 3.63) is 12.3 Å². The summed E-state index contributed by atoms with van der Waals surface area (Å²) in [6, 6.07) is 0. The first kappa shape index (κ1) is 22.2. The van der Waals surface area contributed by atoms with Gasteiger partial charge >= 0.3 is 5.97 Å². The van der Waals surface area contributed by atoms with Crippen molar-refractivity contribution in [2.24, 2.45) is 17.3 Å². The van der Waals surface area contributed by atoms with Gasteiger partial charge in [-0.1, -0.05) is 13.5 Å². The van der Waals surface area contributed by atoms with Gasteiger partial charge in [-0.3, -0.25) is 4.79 Å². The maximum Gasteiger partial charge on any atom is 0.314 e. The van der Waals surface area contributed by atoms with E-state index in [4.69, 9.17) is 23.7 Å². The lowest BCUT2D eigenvalue weighted by Crippen LogP contribution is -2.35. The highest BCUT2D eigenvalue weighted by atomic mass is 16.7. The van der Waals surface area contributed by atoms with Crippen LogP contribution in [-0.2, 0) is 28.5 Å². The molecule has 0 aromatic rings. The van der Waals surface area contributed by atoms with Gasteiger partial charge in [0.1, 0.15) is 6.79 Å². The monoisotopic (exact) mass is 384 g/mol. The first-order chi connectivity index (χ1) is 12.9. The molecule has 0 aromatic carbocycles. The Hall–Kier alpha value is -1.11. The van der Waals surface area contributed by atoms with Gasteiger partial charge in [0.25, 0.3) is 0 Å². The summed E-state index contributed by atoms with van der Waals surface area (Å²) in [6.07, 6.45) is 6.75. The molecule has 0 aliphatic heterocycles. The molecular formula is C21H36O6. The van der Waals surface area contributed by atoms with Crippen molar-refractivity contribution >= 4 is 5.97 Å². The zero-order chi connectivity index (χ0) is 19.7. The fraction of sp³-hybridized carbons (Fsp3) is 0.857. The molecule has 2 fully saturated rings. The second-order valence-corrected chi connectivity index (χ2v) is 8.12. The Labute approximate surface area is 163 Å². The second kappa shape index (κ2) is 11.0. The summed E-state index contributed by atoms with van der Waals surface area (Å²) in [6.45, 7) is 10.8. The van der Waals surface area contributed by atoms with Gasteiger partial charge in [-0.25, -0.2) is 0 Å². The molecule has 0 N–H and O–H groups in total. The lowest BCUT2D eigenvalue weighted by Gasteiger charge is -2.27. The number of hydrogen-bond acceptors (Lipinski definition) is 6. The fourth-order valence-electron chi connectivity index (χ4n) is 3.80. The van der Waals surface area contributed by atoms with Crippen LogP contribution in [0.1, 0.15) is 59.3 Å². The summed E-state index contributed by atoms with van der Waals surface area (Å²) in [5.41, 5.74) is -0.651. The molecule has 2 saturated carbocycles. The molecular weight excluding hydrogens is 348 g/mol. The van der Waals surface area contributed by atoms with E-state index in [9.17, 15) is 4.79 Å². The highest BCUT2D eigenvalue weighted by molar-refractivity contribution is 5.76. The van der Waals surface area contributed by atoms with Gasteiger partial charge in [0, 0.05) is 6.42 Å². The number of carbonyl (C=O) groups excluding carboxylic acids is 1. The average Bonchev–Trinajstić information content (AvgIpc) is 3.27. The minimum Gasteiger partial charge on any atom is -0.473 e. The zero-order valence-corrected chi connectivity index (χ0v) is 17.2. The van der Waals surface area contributed by atoms with Gasteiger partial charge in [-0.05, 0) is 57.8 Å². The molecule has 0 amide bonds. The summed E-state index contributed by atoms with van der Waals surface area (Å²) in [5, 5.41) is 0. The van der Waals surface area contributed by atoms with Gasteiger partial charge in [0.2, 0.25) is 0 Å². The summed E-state index contributed by atoms with van der Waals surface area (Å²) in [5.74, 6) is 1.95. The molecule has 0 spiro atoms. The maximum atomic E-state index is 12.4. The topological polar surface area (TPSA) is 63.2 Å². The molecule has 4 unspecified atom stereocenters. The Morgan fingerprint density at radius 1 is 1.11 bits per heavy atom. The second-order valence-electron chi connectivity index (χ2n) is 8.12. The number of rotatable bonds is 14. The summed E-state index contributed by atoms with van der Waals surface area (Å²) in [7, 11) is 0. The average molecular weight is 385 g/mol. The summed E-state index contributed by atoms with van der Waals surface area (Å²) >= 11 is 0. The predicted molar refractivity (Wildman–Crippen MR) is 102 cm³/mol. The number of allylic oxidation sites excluding steroid dienone is 1. The van der Waals surface area contributed by atoms with Gasteiger partial charge in [0.05, 0.1) is 37.1 Å². The van der Waals surface area contributed by atoms with E-state index in [0.29, 0.717) is 50.4 Å². The Morgan fingerprint density at radius 2 is 1.93 bits per heavy atom. The van der Waals surface area contributed by atoms with E-state index in [1.165, 1.54) is 25.7 Å². The van der Waals surface area contributed by atoms with Crippen LogP contribution in [0.3, 0.4) is 0 Å². The van der Waals surface area contributed by atoms with Crippen molar-refractivity contribution in [3.63, 3.8) is 0 Å². The molecule has 2 bridgehead atoms.